The lowest BCUT2D eigenvalue weighted by Gasteiger charge is -2.30. The third-order valence-electron chi connectivity index (χ3n) is 4.89. The van der Waals surface area contributed by atoms with Crippen molar-refractivity contribution in [3.8, 4) is 5.75 Å². The highest BCUT2D eigenvalue weighted by Gasteiger charge is 2.39. The second-order valence-corrected chi connectivity index (χ2v) is 6.27. The van der Waals surface area contributed by atoms with E-state index in [4.69, 9.17) is 4.74 Å². The van der Waals surface area contributed by atoms with E-state index in [1.807, 2.05) is 6.07 Å². The molecule has 0 bridgehead atoms. The summed E-state index contributed by atoms with van der Waals surface area (Å²) in [6.45, 7) is 4.51. The molecule has 2 aromatic carbocycles. The summed E-state index contributed by atoms with van der Waals surface area (Å²) in [6, 6.07) is 19.4. The molecule has 0 spiro atoms. The van der Waals surface area contributed by atoms with Crippen LogP contribution < -0.4 is 9.64 Å². The quantitative estimate of drug-likeness (QED) is 0.796. The molecule has 1 aliphatic rings. The standard InChI is InChI=1S/C20H25NO/c1-3-12-20(17-8-7-11-19(15-17)22-2)13-14-21(16-20)18-9-5-4-6-10-18/h4-11,15H,3,12-14,16H2,1-2H3/t20-/m0/s1. The van der Waals surface area contributed by atoms with E-state index in [-0.39, 0.29) is 5.41 Å². The molecule has 1 fully saturated rings. The van der Waals surface area contributed by atoms with Crippen LogP contribution in [0.4, 0.5) is 5.69 Å². The molecule has 0 saturated carbocycles. The molecule has 1 atom stereocenters. The highest BCUT2D eigenvalue weighted by molar-refractivity contribution is 5.50. The van der Waals surface area contributed by atoms with E-state index in [1.165, 1.54) is 30.5 Å². The van der Waals surface area contributed by atoms with Crippen molar-refractivity contribution in [2.24, 2.45) is 0 Å². The molecule has 0 aliphatic carbocycles. The molecule has 0 radical (unpaired) electrons. The summed E-state index contributed by atoms with van der Waals surface area (Å²) in [4.78, 5) is 2.52. The maximum atomic E-state index is 5.44. The average Bonchev–Trinajstić information content (AvgIpc) is 3.02. The Labute approximate surface area is 133 Å². The zero-order valence-electron chi connectivity index (χ0n) is 13.6. The van der Waals surface area contributed by atoms with Crippen molar-refractivity contribution >= 4 is 5.69 Å². The number of ether oxygens (including phenoxy) is 1. The Hall–Kier alpha value is -1.96. The van der Waals surface area contributed by atoms with Crippen LogP contribution in [-0.4, -0.2) is 20.2 Å². The van der Waals surface area contributed by atoms with Crippen LogP contribution >= 0.6 is 0 Å². The van der Waals surface area contributed by atoms with E-state index >= 15 is 0 Å². The van der Waals surface area contributed by atoms with Gasteiger partial charge in [0, 0.05) is 24.2 Å². The van der Waals surface area contributed by atoms with Crippen LogP contribution in [0, 0.1) is 0 Å². The smallest absolute Gasteiger partial charge is 0.119 e. The van der Waals surface area contributed by atoms with Crippen LogP contribution in [0.2, 0.25) is 0 Å². The Morgan fingerprint density at radius 1 is 1.09 bits per heavy atom. The molecular weight excluding hydrogens is 270 g/mol. The Morgan fingerprint density at radius 3 is 2.64 bits per heavy atom. The number of nitrogens with zero attached hydrogens (tertiary/aromatic N) is 1. The summed E-state index contributed by atoms with van der Waals surface area (Å²) in [6.07, 6.45) is 3.65. The lowest BCUT2D eigenvalue weighted by atomic mass is 9.76. The second kappa shape index (κ2) is 6.43. The Kier molecular flexibility index (Phi) is 4.37. The molecule has 0 aromatic heterocycles. The first-order valence-electron chi connectivity index (χ1n) is 8.22. The molecule has 0 unspecified atom stereocenters. The minimum absolute atomic E-state index is 0.249. The summed E-state index contributed by atoms with van der Waals surface area (Å²) in [5.41, 5.74) is 3.01. The van der Waals surface area contributed by atoms with Gasteiger partial charge in [0.15, 0.2) is 0 Å². The number of hydrogen-bond donors (Lipinski definition) is 0. The third kappa shape index (κ3) is 2.83. The van der Waals surface area contributed by atoms with Crippen LogP contribution in [0.5, 0.6) is 5.75 Å². The van der Waals surface area contributed by atoms with Crippen molar-refractivity contribution in [1.82, 2.24) is 0 Å². The predicted molar refractivity (Wildman–Crippen MR) is 92.9 cm³/mol. The Balaban J connectivity index is 1.90. The van der Waals surface area contributed by atoms with Gasteiger partial charge in [0.05, 0.1) is 7.11 Å². The molecule has 2 aromatic rings. The molecular formula is C20H25NO. The first-order chi connectivity index (χ1) is 10.8. The molecule has 22 heavy (non-hydrogen) atoms. The molecule has 0 amide bonds. The lowest BCUT2D eigenvalue weighted by Crippen LogP contribution is -2.31. The summed E-state index contributed by atoms with van der Waals surface area (Å²) in [5.74, 6) is 0.964. The van der Waals surface area contributed by atoms with E-state index in [1.54, 1.807) is 7.11 Å². The van der Waals surface area contributed by atoms with E-state index in [9.17, 15) is 0 Å². The number of methoxy groups -OCH3 is 1. The van der Waals surface area contributed by atoms with Crippen LogP contribution in [0.1, 0.15) is 31.7 Å². The minimum atomic E-state index is 0.249. The van der Waals surface area contributed by atoms with Crippen LogP contribution in [0.25, 0.3) is 0 Å². The summed E-state index contributed by atoms with van der Waals surface area (Å²) in [7, 11) is 1.75. The van der Waals surface area contributed by atoms with Gasteiger partial charge in [-0.05, 0) is 42.7 Å². The molecule has 2 nitrogen and oxygen atoms in total. The van der Waals surface area contributed by atoms with Crippen molar-refractivity contribution < 1.29 is 4.74 Å². The lowest BCUT2D eigenvalue weighted by molar-refractivity contribution is 0.404. The average molecular weight is 295 g/mol. The maximum absolute atomic E-state index is 5.44. The van der Waals surface area contributed by atoms with E-state index in [2.05, 4.69) is 60.4 Å². The van der Waals surface area contributed by atoms with Gasteiger partial charge in [0.25, 0.3) is 0 Å². The van der Waals surface area contributed by atoms with Gasteiger partial charge in [-0.3, -0.25) is 0 Å². The summed E-state index contributed by atoms with van der Waals surface area (Å²) >= 11 is 0. The molecule has 3 rings (SSSR count). The van der Waals surface area contributed by atoms with Crippen molar-refractivity contribution in [3.05, 3.63) is 60.2 Å². The fraction of sp³-hybridized carbons (Fsp3) is 0.400. The zero-order chi connectivity index (χ0) is 15.4. The van der Waals surface area contributed by atoms with Gasteiger partial charge in [-0.2, -0.15) is 0 Å². The van der Waals surface area contributed by atoms with Gasteiger partial charge < -0.3 is 9.64 Å². The maximum Gasteiger partial charge on any atom is 0.119 e. The second-order valence-electron chi connectivity index (χ2n) is 6.27. The normalized spacial score (nSPS) is 21.1. The monoisotopic (exact) mass is 295 g/mol. The van der Waals surface area contributed by atoms with Crippen molar-refractivity contribution in [2.45, 2.75) is 31.6 Å². The molecule has 2 heteroatoms. The van der Waals surface area contributed by atoms with Gasteiger partial charge in [-0.25, -0.2) is 0 Å². The zero-order valence-corrected chi connectivity index (χ0v) is 13.6. The van der Waals surface area contributed by atoms with Crippen LogP contribution in [0.3, 0.4) is 0 Å². The van der Waals surface area contributed by atoms with Crippen molar-refractivity contribution in [2.75, 3.05) is 25.1 Å². The van der Waals surface area contributed by atoms with Crippen molar-refractivity contribution in [1.29, 1.82) is 0 Å². The topological polar surface area (TPSA) is 12.5 Å². The molecule has 1 aliphatic heterocycles. The fourth-order valence-electron chi connectivity index (χ4n) is 3.75. The number of para-hydroxylation sites is 1. The minimum Gasteiger partial charge on any atom is -0.497 e. The largest absolute Gasteiger partial charge is 0.497 e. The summed E-state index contributed by atoms with van der Waals surface area (Å²) in [5, 5.41) is 0. The Bertz CT molecular complexity index is 610. The van der Waals surface area contributed by atoms with Gasteiger partial charge >= 0.3 is 0 Å². The number of hydrogen-bond acceptors (Lipinski definition) is 2. The number of anilines is 1. The SMILES string of the molecule is CCC[C@]1(c2cccc(OC)c2)CCN(c2ccccc2)C1. The summed E-state index contributed by atoms with van der Waals surface area (Å²) < 4.78 is 5.44. The van der Waals surface area contributed by atoms with Crippen LogP contribution in [-0.2, 0) is 5.41 Å². The molecule has 1 saturated heterocycles. The molecule has 0 N–H and O–H groups in total. The van der Waals surface area contributed by atoms with E-state index < -0.39 is 0 Å². The molecule has 1 heterocycles. The van der Waals surface area contributed by atoms with Gasteiger partial charge in [-0.1, -0.05) is 43.7 Å². The predicted octanol–water partition coefficient (Wildman–Crippen LogP) is 4.64. The van der Waals surface area contributed by atoms with Gasteiger partial charge in [0.2, 0.25) is 0 Å². The first-order valence-corrected chi connectivity index (χ1v) is 8.22. The first kappa shape index (κ1) is 15.0. The number of rotatable bonds is 5. The van der Waals surface area contributed by atoms with E-state index in [0.29, 0.717) is 0 Å². The highest BCUT2D eigenvalue weighted by Crippen LogP contribution is 2.41. The van der Waals surface area contributed by atoms with E-state index in [0.717, 1.165) is 18.8 Å². The van der Waals surface area contributed by atoms with Crippen molar-refractivity contribution in [3.63, 3.8) is 0 Å². The molecule has 116 valence electrons. The van der Waals surface area contributed by atoms with Gasteiger partial charge in [0.1, 0.15) is 5.75 Å². The number of benzene rings is 2. The van der Waals surface area contributed by atoms with Gasteiger partial charge in [-0.15, -0.1) is 0 Å². The van der Waals surface area contributed by atoms with Crippen LogP contribution in [0.15, 0.2) is 54.6 Å². The highest BCUT2D eigenvalue weighted by atomic mass is 16.5. The fourth-order valence-corrected chi connectivity index (χ4v) is 3.75. The third-order valence-corrected chi connectivity index (χ3v) is 4.89. The Morgan fingerprint density at radius 2 is 1.91 bits per heavy atom.